The van der Waals surface area contributed by atoms with Gasteiger partial charge in [-0.25, -0.2) is 4.98 Å². The van der Waals surface area contributed by atoms with Crippen LogP contribution in [0.1, 0.15) is 11.1 Å². The van der Waals surface area contributed by atoms with E-state index in [0.29, 0.717) is 5.75 Å². The van der Waals surface area contributed by atoms with Crippen LogP contribution in [0.3, 0.4) is 0 Å². The second-order valence-corrected chi connectivity index (χ2v) is 6.10. The highest BCUT2D eigenvalue weighted by molar-refractivity contribution is 9.10. The van der Waals surface area contributed by atoms with E-state index in [9.17, 15) is 0 Å². The minimum Gasteiger partial charge on any atom is -0.455 e. The average molecular weight is 364 g/mol. The lowest BCUT2D eigenvalue weighted by Gasteiger charge is -2.11. The predicted molar refractivity (Wildman–Crippen MR) is 88.2 cm³/mol. The summed E-state index contributed by atoms with van der Waals surface area (Å²) in [5.74, 6) is 1.42. The van der Waals surface area contributed by atoms with Gasteiger partial charge in [0.15, 0.2) is 5.75 Å². The molecule has 2 aromatic heterocycles. The standard InChI is InChI=1S/C16H12BrClN2O/c1-9-5-12(6-10(2)15(9)18)21-14-3-4-19-13-7-11(17)8-20-16(13)14/h3-8H,1-2H3. The zero-order chi connectivity index (χ0) is 15.0. The van der Waals surface area contributed by atoms with Crippen molar-refractivity contribution in [3.05, 3.63) is 57.3 Å². The van der Waals surface area contributed by atoms with Crippen LogP contribution in [-0.2, 0) is 0 Å². The van der Waals surface area contributed by atoms with E-state index in [1.807, 2.05) is 38.1 Å². The summed E-state index contributed by atoms with van der Waals surface area (Å²) >= 11 is 9.57. The smallest absolute Gasteiger partial charge is 0.156 e. The quantitative estimate of drug-likeness (QED) is 0.607. The number of aryl methyl sites for hydroxylation is 2. The number of hydrogen-bond donors (Lipinski definition) is 0. The Morgan fingerprint density at radius 1 is 1.10 bits per heavy atom. The highest BCUT2D eigenvalue weighted by atomic mass is 79.9. The molecule has 0 bridgehead atoms. The normalized spacial score (nSPS) is 10.9. The van der Waals surface area contributed by atoms with E-state index in [4.69, 9.17) is 16.3 Å². The fourth-order valence-corrected chi connectivity index (χ4v) is 2.58. The van der Waals surface area contributed by atoms with Crippen molar-refractivity contribution in [2.75, 3.05) is 0 Å². The molecule has 21 heavy (non-hydrogen) atoms. The summed E-state index contributed by atoms with van der Waals surface area (Å²) in [6, 6.07) is 7.55. The number of ether oxygens (including phenoxy) is 1. The van der Waals surface area contributed by atoms with Crippen LogP contribution in [0.4, 0.5) is 0 Å². The first-order chi connectivity index (χ1) is 10.0. The predicted octanol–water partition coefficient (Wildman–Crippen LogP) is 5.45. The molecule has 5 heteroatoms. The maximum Gasteiger partial charge on any atom is 0.156 e. The van der Waals surface area contributed by atoms with Gasteiger partial charge in [0.1, 0.15) is 11.3 Å². The van der Waals surface area contributed by atoms with Gasteiger partial charge in [-0.3, -0.25) is 4.98 Å². The highest BCUT2D eigenvalue weighted by Crippen LogP contribution is 2.32. The minimum absolute atomic E-state index is 0.675. The Balaban J connectivity index is 2.06. The monoisotopic (exact) mass is 362 g/mol. The summed E-state index contributed by atoms with van der Waals surface area (Å²) in [5.41, 5.74) is 3.48. The summed E-state index contributed by atoms with van der Waals surface area (Å²) in [6.07, 6.45) is 3.44. The SMILES string of the molecule is Cc1cc(Oc2ccnc3cc(Br)cnc23)cc(C)c1Cl. The zero-order valence-electron chi connectivity index (χ0n) is 11.5. The molecule has 3 rings (SSSR count). The average Bonchev–Trinajstić information content (AvgIpc) is 2.44. The van der Waals surface area contributed by atoms with Crippen LogP contribution in [0.2, 0.25) is 5.02 Å². The van der Waals surface area contributed by atoms with Gasteiger partial charge in [-0.05, 0) is 59.1 Å². The third kappa shape index (κ3) is 2.87. The maximum absolute atomic E-state index is 6.18. The molecule has 0 fully saturated rings. The molecule has 3 aromatic rings. The lowest BCUT2D eigenvalue weighted by atomic mass is 10.1. The van der Waals surface area contributed by atoms with Gasteiger partial charge < -0.3 is 4.74 Å². The molecule has 0 aliphatic carbocycles. The summed E-state index contributed by atoms with van der Waals surface area (Å²) in [4.78, 5) is 8.68. The number of benzene rings is 1. The van der Waals surface area contributed by atoms with Gasteiger partial charge in [0, 0.05) is 28.0 Å². The summed E-state index contributed by atoms with van der Waals surface area (Å²) in [6.45, 7) is 3.92. The number of fused-ring (bicyclic) bond motifs is 1. The minimum atomic E-state index is 0.675. The van der Waals surface area contributed by atoms with Crippen LogP contribution in [-0.4, -0.2) is 9.97 Å². The molecule has 0 radical (unpaired) electrons. The molecule has 0 saturated heterocycles. The first-order valence-electron chi connectivity index (χ1n) is 6.39. The summed E-state index contributed by atoms with van der Waals surface area (Å²) in [5, 5.41) is 0.768. The number of hydrogen-bond acceptors (Lipinski definition) is 3. The van der Waals surface area contributed by atoms with Gasteiger partial charge in [-0.15, -0.1) is 0 Å². The molecular formula is C16H12BrClN2O. The molecule has 0 unspecified atom stereocenters. The van der Waals surface area contributed by atoms with Gasteiger partial charge >= 0.3 is 0 Å². The van der Waals surface area contributed by atoms with Crippen molar-refractivity contribution < 1.29 is 4.74 Å². The van der Waals surface area contributed by atoms with Crippen molar-refractivity contribution in [1.82, 2.24) is 9.97 Å². The Morgan fingerprint density at radius 3 is 2.52 bits per heavy atom. The molecule has 3 nitrogen and oxygen atoms in total. The zero-order valence-corrected chi connectivity index (χ0v) is 13.9. The van der Waals surface area contributed by atoms with Crippen molar-refractivity contribution >= 4 is 38.6 Å². The van der Waals surface area contributed by atoms with E-state index in [2.05, 4.69) is 25.9 Å². The lowest BCUT2D eigenvalue weighted by molar-refractivity contribution is 0.486. The van der Waals surface area contributed by atoms with Crippen molar-refractivity contribution in [1.29, 1.82) is 0 Å². The summed E-state index contributed by atoms with van der Waals surface area (Å²) in [7, 11) is 0. The van der Waals surface area contributed by atoms with Gasteiger partial charge in [-0.2, -0.15) is 0 Å². The fourth-order valence-electron chi connectivity index (χ4n) is 2.16. The van der Waals surface area contributed by atoms with Crippen LogP contribution in [0, 0.1) is 13.8 Å². The molecule has 0 aliphatic rings. The van der Waals surface area contributed by atoms with E-state index >= 15 is 0 Å². The summed E-state index contributed by atoms with van der Waals surface area (Å²) < 4.78 is 6.86. The molecule has 0 saturated carbocycles. The number of pyridine rings is 2. The van der Waals surface area contributed by atoms with Crippen molar-refractivity contribution in [3.63, 3.8) is 0 Å². The van der Waals surface area contributed by atoms with Crippen LogP contribution in [0.25, 0.3) is 11.0 Å². The van der Waals surface area contributed by atoms with Gasteiger partial charge in [0.2, 0.25) is 0 Å². The number of rotatable bonds is 2. The third-order valence-corrected chi connectivity index (χ3v) is 4.17. The third-order valence-electron chi connectivity index (χ3n) is 3.14. The van der Waals surface area contributed by atoms with E-state index in [1.165, 1.54) is 0 Å². The second-order valence-electron chi connectivity index (χ2n) is 4.80. The van der Waals surface area contributed by atoms with E-state index in [-0.39, 0.29) is 0 Å². The first kappa shape index (κ1) is 14.3. The van der Waals surface area contributed by atoms with Gasteiger partial charge in [-0.1, -0.05) is 11.6 Å². The van der Waals surface area contributed by atoms with Crippen molar-refractivity contribution in [2.24, 2.45) is 0 Å². The van der Waals surface area contributed by atoms with E-state index in [0.717, 1.165) is 37.4 Å². The maximum atomic E-state index is 6.18. The molecule has 0 atom stereocenters. The van der Waals surface area contributed by atoms with Crippen molar-refractivity contribution in [2.45, 2.75) is 13.8 Å². The highest BCUT2D eigenvalue weighted by Gasteiger charge is 2.09. The van der Waals surface area contributed by atoms with E-state index < -0.39 is 0 Å². The van der Waals surface area contributed by atoms with Crippen LogP contribution in [0.5, 0.6) is 11.5 Å². The Labute approximate surface area is 136 Å². The van der Waals surface area contributed by atoms with Crippen molar-refractivity contribution in [3.8, 4) is 11.5 Å². The fraction of sp³-hybridized carbons (Fsp3) is 0.125. The van der Waals surface area contributed by atoms with Gasteiger partial charge in [0.05, 0.1) is 5.52 Å². The second kappa shape index (κ2) is 5.62. The Kier molecular flexibility index (Phi) is 3.83. The number of halogens is 2. The molecular weight excluding hydrogens is 352 g/mol. The molecule has 2 heterocycles. The molecule has 0 spiro atoms. The number of nitrogens with zero attached hydrogens (tertiary/aromatic N) is 2. The van der Waals surface area contributed by atoms with Crippen LogP contribution >= 0.6 is 27.5 Å². The molecule has 106 valence electrons. The Morgan fingerprint density at radius 2 is 1.81 bits per heavy atom. The van der Waals surface area contributed by atoms with E-state index in [1.54, 1.807) is 12.4 Å². The molecule has 0 amide bonds. The molecule has 0 aliphatic heterocycles. The Bertz CT molecular complexity index is 813. The van der Waals surface area contributed by atoms with Crippen LogP contribution in [0.15, 0.2) is 41.1 Å². The largest absolute Gasteiger partial charge is 0.455 e. The van der Waals surface area contributed by atoms with Gasteiger partial charge in [0.25, 0.3) is 0 Å². The Hall–Kier alpha value is -1.65. The molecule has 1 aromatic carbocycles. The number of aromatic nitrogens is 2. The lowest BCUT2D eigenvalue weighted by Crippen LogP contribution is -1.92. The topological polar surface area (TPSA) is 35.0 Å². The molecule has 0 N–H and O–H groups in total. The first-order valence-corrected chi connectivity index (χ1v) is 7.56. The van der Waals surface area contributed by atoms with Crippen LogP contribution < -0.4 is 4.74 Å².